The highest BCUT2D eigenvalue weighted by atomic mass is 32.2. The standard InChI is InChI=1S/C18H19NO3S/c20-23(21,12-14-11-13-5-1-2-8-17(13)22-14)18-9-3-7-16-15(18)6-4-10-19-16/h1-3,5,7-9,14,19H,4,6,10-12H2. The van der Waals surface area contributed by atoms with E-state index in [1.54, 1.807) is 6.07 Å². The van der Waals surface area contributed by atoms with Crippen molar-refractivity contribution in [2.45, 2.75) is 30.3 Å². The summed E-state index contributed by atoms with van der Waals surface area (Å²) in [5.41, 5.74) is 2.96. The van der Waals surface area contributed by atoms with Crippen LogP contribution in [0.1, 0.15) is 17.5 Å². The van der Waals surface area contributed by atoms with Crippen LogP contribution >= 0.6 is 0 Å². The van der Waals surface area contributed by atoms with Crippen LogP contribution in [0.25, 0.3) is 0 Å². The van der Waals surface area contributed by atoms with E-state index in [4.69, 9.17) is 4.74 Å². The second kappa shape index (κ2) is 5.57. The number of fused-ring (bicyclic) bond motifs is 2. The zero-order valence-electron chi connectivity index (χ0n) is 12.8. The maximum absolute atomic E-state index is 12.9. The summed E-state index contributed by atoms with van der Waals surface area (Å²) in [6.07, 6.45) is 2.13. The molecule has 120 valence electrons. The summed E-state index contributed by atoms with van der Waals surface area (Å²) in [5.74, 6) is 0.836. The minimum Gasteiger partial charge on any atom is -0.489 e. The van der Waals surface area contributed by atoms with Crippen molar-refractivity contribution >= 4 is 15.5 Å². The Morgan fingerprint density at radius 2 is 2.00 bits per heavy atom. The molecule has 0 fully saturated rings. The van der Waals surface area contributed by atoms with Crippen LogP contribution in [0.15, 0.2) is 47.4 Å². The van der Waals surface area contributed by atoms with Crippen molar-refractivity contribution in [2.75, 3.05) is 17.6 Å². The van der Waals surface area contributed by atoms with Gasteiger partial charge in [-0.05, 0) is 42.2 Å². The van der Waals surface area contributed by atoms with Crippen molar-refractivity contribution in [3.8, 4) is 5.75 Å². The molecule has 0 aromatic heterocycles. The SMILES string of the molecule is O=S(=O)(CC1Cc2ccccc2O1)c1cccc2c1CCCN2. The summed E-state index contributed by atoms with van der Waals surface area (Å²) in [5, 5.41) is 3.29. The van der Waals surface area contributed by atoms with Gasteiger partial charge in [0.15, 0.2) is 9.84 Å². The minimum atomic E-state index is -3.37. The molecule has 2 aromatic rings. The Labute approximate surface area is 136 Å². The first kappa shape index (κ1) is 14.6. The average Bonchev–Trinajstić information content (AvgIpc) is 2.95. The number of ether oxygens (including phenoxy) is 1. The molecule has 0 radical (unpaired) electrons. The Hall–Kier alpha value is -2.01. The fourth-order valence-electron chi connectivity index (χ4n) is 3.45. The number of sulfone groups is 1. The zero-order chi connectivity index (χ0) is 15.9. The van der Waals surface area contributed by atoms with Gasteiger partial charge in [-0.15, -0.1) is 0 Å². The van der Waals surface area contributed by atoms with Gasteiger partial charge in [-0.3, -0.25) is 0 Å². The van der Waals surface area contributed by atoms with Crippen molar-refractivity contribution in [3.63, 3.8) is 0 Å². The first-order valence-corrected chi connectivity index (χ1v) is 9.62. The maximum Gasteiger partial charge on any atom is 0.182 e. The number of para-hydroxylation sites is 1. The molecule has 0 bridgehead atoms. The third-order valence-corrected chi connectivity index (χ3v) is 6.37. The highest BCUT2D eigenvalue weighted by Gasteiger charge is 2.30. The molecule has 1 unspecified atom stereocenters. The first-order chi connectivity index (χ1) is 11.1. The lowest BCUT2D eigenvalue weighted by Gasteiger charge is -2.21. The van der Waals surface area contributed by atoms with Crippen LogP contribution in [-0.2, 0) is 22.7 Å². The molecule has 0 saturated heterocycles. The zero-order valence-corrected chi connectivity index (χ0v) is 13.6. The van der Waals surface area contributed by atoms with Crippen LogP contribution in [-0.4, -0.2) is 26.8 Å². The number of hydrogen-bond donors (Lipinski definition) is 1. The summed E-state index contributed by atoms with van der Waals surface area (Å²) in [7, 11) is -3.37. The lowest BCUT2D eigenvalue weighted by atomic mass is 10.0. The monoisotopic (exact) mass is 329 g/mol. The number of anilines is 1. The lowest BCUT2D eigenvalue weighted by molar-refractivity contribution is 0.256. The molecular formula is C18H19NO3S. The molecular weight excluding hydrogens is 310 g/mol. The molecule has 2 aliphatic rings. The highest BCUT2D eigenvalue weighted by molar-refractivity contribution is 7.91. The normalized spacial score (nSPS) is 19.4. The fraction of sp³-hybridized carbons (Fsp3) is 0.333. The molecule has 2 aromatic carbocycles. The minimum absolute atomic E-state index is 0.0259. The summed E-state index contributed by atoms with van der Waals surface area (Å²) in [6, 6.07) is 13.3. The van der Waals surface area contributed by atoms with Crippen LogP contribution in [0.2, 0.25) is 0 Å². The lowest BCUT2D eigenvalue weighted by Crippen LogP contribution is -2.26. The van der Waals surface area contributed by atoms with Crippen molar-refractivity contribution < 1.29 is 13.2 Å². The fourth-order valence-corrected chi connectivity index (χ4v) is 5.18. The van der Waals surface area contributed by atoms with Crippen LogP contribution in [0.5, 0.6) is 5.75 Å². The number of nitrogens with one attached hydrogen (secondary N) is 1. The Morgan fingerprint density at radius 3 is 2.87 bits per heavy atom. The predicted octanol–water partition coefficient (Wildman–Crippen LogP) is 2.82. The van der Waals surface area contributed by atoms with Crippen LogP contribution in [0, 0.1) is 0 Å². The molecule has 1 atom stereocenters. The molecule has 0 amide bonds. The summed E-state index contributed by atoms with van der Waals surface area (Å²) < 4.78 is 31.6. The average molecular weight is 329 g/mol. The van der Waals surface area contributed by atoms with Gasteiger partial charge in [-0.25, -0.2) is 8.42 Å². The van der Waals surface area contributed by atoms with E-state index in [1.807, 2.05) is 36.4 Å². The largest absolute Gasteiger partial charge is 0.489 e. The Kier molecular flexibility index (Phi) is 3.53. The quantitative estimate of drug-likeness (QED) is 0.941. The van der Waals surface area contributed by atoms with Gasteiger partial charge in [0.1, 0.15) is 11.9 Å². The molecule has 4 nitrogen and oxygen atoms in total. The molecule has 5 heteroatoms. The molecule has 4 rings (SSSR count). The number of hydrogen-bond acceptors (Lipinski definition) is 4. The molecule has 23 heavy (non-hydrogen) atoms. The van der Waals surface area contributed by atoms with E-state index in [0.717, 1.165) is 42.0 Å². The highest BCUT2D eigenvalue weighted by Crippen LogP contribution is 2.32. The topological polar surface area (TPSA) is 55.4 Å². The second-order valence-electron chi connectivity index (χ2n) is 6.15. The summed E-state index contributed by atoms with van der Waals surface area (Å²) >= 11 is 0. The maximum atomic E-state index is 12.9. The summed E-state index contributed by atoms with van der Waals surface area (Å²) in [6.45, 7) is 0.900. The smallest absolute Gasteiger partial charge is 0.182 e. The molecule has 1 N–H and O–H groups in total. The van der Waals surface area contributed by atoms with E-state index < -0.39 is 9.84 Å². The molecule has 0 spiro atoms. The third-order valence-electron chi connectivity index (χ3n) is 4.51. The van der Waals surface area contributed by atoms with E-state index in [2.05, 4.69) is 5.32 Å². The molecule has 2 aliphatic heterocycles. The van der Waals surface area contributed by atoms with Gasteiger partial charge in [0, 0.05) is 18.7 Å². The van der Waals surface area contributed by atoms with Crippen LogP contribution < -0.4 is 10.1 Å². The van der Waals surface area contributed by atoms with Gasteiger partial charge >= 0.3 is 0 Å². The van der Waals surface area contributed by atoms with Gasteiger partial charge in [0.05, 0.1) is 10.6 Å². The second-order valence-corrected chi connectivity index (χ2v) is 8.15. The van der Waals surface area contributed by atoms with Crippen molar-refractivity contribution in [2.24, 2.45) is 0 Å². The molecule has 0 aliphatic carbocycles. The van der Waals surface area contributed by atoms with E-state index in [9.17, 15) is 8.42 Å². The van der Waals surface area contributed by atoms with Crippen LogP contribution in [0.4, 0.5) is 5.69 Å². The van der Waals surface area contributed by atoms with Crippen LogP contribution in [0.3, 0.4) is 0 Å². The van der Waals surface area contributed by atoms with Gasteiger partial charge in [0.2, 0.25) is 0 Å². The van der Waals surface area contributed by atoms with Gasteiger partial charge in [-0.1, -0.05) is 24.3 Å². The third kappa shape index (κ3) is 2.70. The summed E-state index contributed by atoms with van der Waals surface area (Å²) in [4.78, 5) is 0.460. The number of rotatable bonds is 3. The van der Waals surface area contributed by atoms with Gasteiger partial charge in [0.25, 0.3) is 0 Å². The number of benzene rings is 2. The van der Waals surface area contributed by atoms with E-state index in [-0.39, 0.29) is 11.9 Å². The first-order valence-electron chi connectivity index (χ1n) is 7.96. The molecule has 2 heterocycles. The molecule has 0 saturated carbocycles. The van der Waals surface area contributed by atoms with Crippen molar-refractivity contribution in [3.05, 3.63) is 53.6 Å². The van der Waals surface area contributed by atoms with E-state index >= 15 is 0 Å². The predicted molar refractivity (Wildman–Crippen MR) is 89.9 cm³/mol. The Bertz CT molecular complexity index is 820. The van der Waals surface area contributed by atoms with Gasteiger partial charge in [-0.2, -0.15) is 0 Å². The van der Waals surface area contributed by atoms with Crippen molar-refractivity contribution in [1.29, 1.82) is 0 Å². The van der Waals surface area contributed by atoms with E-state index in [0.29, 0.717) is 11.3 Å². The Morgan fingerprint density at radius 1 is 1.13 bits per heavy atom. The Balaban J connectivity index is 1.60. The van der Waals surface area contributed by atoms with E-state index in [1.165, 1.54) is 0 Å². The van der Waals surface area contributed by atoms with Crippen molar-refractivity contribution in [1.82, 2.24) is 0 Å². The van der Waals surface area contributed by atoms with Gasteiger partial charge < -0.3 is 10.1 Å².